The summed E-state index contributed by atoms with van der Waals surface area (Å²) >= 11 is 0. The molecule has 3 saturated heterocycles. The van der Waals surface area contributed by atoms with E-state index < -0.39 is 198 Å². The third-order valence-corrected chi connectivity index (χ3v) is 18.9. The number of hydrogen-bond acceptors (Lipinski definition) is 20. The van der Waals surface area contributed by atoms with Gasteiger partial charge < -0.3 is 107 Å². The molecule has 0 radical (unpaired) electrons. The number of amides is 13. The second-order valence-electron chi connectivity index (χ2n) is 30.5. The first-order valence-corrected chi connectivity index (χ1v) is 37.9. The molecule has 2 bridgehead atoms. The van der Waals surface area contributed by atoms with Crippen molar-refractivity contribution in [2.45, 2.75) is 270 Å². The number of benzene rings is 1. The van der Waals surface area contributed by atoms with E-state index in [9.17, 15) is 67.7 Å². The molecule has 1 aromatic rings. The molecule has 0 spiro atoms. The summed E-state index contributed by atoms with van der Waals surface area (Å²) in [5, 5.41) is 55.4. The van der Waals surface area contributed by atoms with Crippen LogP contribution in [0.15, 0.2) is 30.3 Å². The predicted molar refractivity (Wildman–Crippen MR) is 396 cm³/mol. The van der Waals surface area contributed by atoms with Crippen LogP contribution < -0.4 is 86.7 Å². The maximum atomic E-state index is 15.1. The van der Waals surface area contributed by atoms with Crippen LogP contribution >= 0.6 is 0 Å². The van der Waals surface area contributed by atoms with Crippen molar-refractivity contribution in [2.24, 2.45) is 58.4 Å². The number of nitrogens with two attached hydrogens (primary N) is 4. The molecule has 3 heterocycles. The number of hydrogen-bond donors (Lipinski definition) is 18. The van der Waals surface area contributed by atoms with Gasteiger partial charge in [0.25, 0.3) is 5.91 Å². The molecule has 16 atom stereocenters. The highest BCUT2D eigenvalue weighted by Crippen LogP contribution is 2.25. The largest absolute Gasteiger partial charge is 0.388 e. The number of nitrogens with one attached hydrogen (secondary N) is 12. The van der Waals surface area contributed by atoms with E-state index in [2.05, 4.69) is 63.8 Å². The monoisotopic (exact) mass is 1500 g/mol. The van der Waals surface area contributed by atoms with Crippen molar-refractivity contribution in [1.82, 2.24) is 68.7 Å². The number of ether oxygens (including phenoxy) is 1. The first kappa shape index (κ1) is 90.4. The maximum absolute atomic E-state index is 15.1. The molecule has 3 aliphatic heterocycles. The molecule has 0 saturated carbocycles. The summed E-state index contributed by atoms with van der Waals surface area (Å²) in [6, 6.07) is -6.85. The quantitative estimate of drug-likeness (QED) is 0.0527. The van der Waals surface area contributed by atoms with Crippen LogP contribution in [0.2, 0.25) is 0 Å². The van der Waals surface area contributed by atoms with Gasteiger partial charge in [-0.2, -0.15) is 0 Å². The SMILES string of the molecule is CC(C)C[C@@H]1NC(=O)[C@H](CCCN)NC(=O)[C@H](C(C)C)NC(=O)[C@@H]2CCCN2C(=O)[C@@H](Cc2ccccc2)NC(=O)[C@H](CC(C)C)NC(=O)[C@H](CCCN)NC(=O)[C@H](C(C)C)NC(=O)[C@H](CCCN)NC(=O)[C@H](CC(C)C)NC(=O)[C@@H]2O[C@H](CNC(=O)[C@H](C(C)C)NC(=O)[C@H](CCCN)NC1=O)[C@@H](O)[C@@H]2O. The lowest BCUT2D eigenvalue weighted by molar-refractivity contribution is -0.143. The Bertz CT molecular complexity index is 3070. The fourth-order valence-electron chi connectivity index (χ4n) is 13.0. The van der Waals surface area contributed by atoms with Crippen molar-refractivity contribution < 1.29 is 77.3 Å². The van der Waals surface area contributed by atoms with E-state index in [4.69, 9.17) is 27.7 Å². The van der Waals surface area contributed by atoms with Crippen LogP contribution in [-0.4, -0.2) is 228 Å². The Hall–Kier alpha value is -7.95. The summed E-state index contributed by atoms with van der Waals surface area (Å²) in [6.07, 6.45) is -5.49. The standard InChI is InChI=1S/C73H125N17O16/c1-38(2)33-49-65(97)79-47(25-18-30-76)63(95)87-55(41(7)8)69(101)78-37-54-58(91)59(92)60(106-54)72(104)85-51(35-40(5)6)66(98)80-48(26-19-31-77)64(96)88-56(42(9)10)70(102)81-45(23-16-28-74)62(94)84-50(34-39(3)4)67(99)86-52(36-44-21-14-13-15-22-44)73(105)90-32-20-27-53(90)68(100)89-57(43(11)12)71(103)82-46(24-17-29-75)61(93)83-49/h13-15,21-22,38-43,45-60,91-92H,16-20,23-37,74-77H2,1-12H3,(H,78,101)(H,79,97)(H,80,98)(H,81,102)(H,82,103)(H,83,93)(H,84,94)(H,85,104)(H,86,99)(H,87,95)(H,88,96)(H,89,100)/t45-,46-,47-,48-,49-,50-,51-,52+,53-,54+,55-,56-,57-,58+,59-,60+/m0/s1. The van der Waals surface area contributed by atoms with Crippen molar-refractivity contribution >= 4 is 76.8 Å². The van der Waals surface area contributed by atoms with E-state index in [1.165, 1.54) is 4.90 Å². The van der Waals surface area contributed by atoms with Crippen molar-refractivity contribution in [3.63, 3.8) is 0 Å². The number of carbonyl (C=O) groups excluding carboxylic acids is 13. The smallest absolute Gasteiger partial charge is 0.252 e. The van der Waals surface area contributed by atoms with Gasteiger partial charge in [-0.25, -0.2) is 0 Å². The van der Waals surface area contributed by atoms with E-state index >= 15 is 4.79 Å². The molecule has 1 aromatic carbocycles. The average Bonchev–Trinajstić information content (AvgIpc) is 1.64. The van der Waals surface area contributed by atoms with Gasteiger partial charge in [0.2, 0.25) is 70.9 Å². The van der Waals surface area contributed by atoms with Gasteiger partial charge in [-0.05, 0) is 151 Å². The van der Waals surface area contributed by atoms with Gasteiger partial charge in [-0.1, -0.05) is 113 Å². The molecule has 4 rings (SSSR count). The molecule has 33 heteroatoms. The molecule has 33 nitrogen and oxygen atoms in total. The van der Waals surface area contributed by atoms with Crippen LogP contribution in [0, 0.1) is 35.5 Å². The van der Waals surface area contributed by atoms with Crippen LogP contribution in [-0.2, 0) is 73.5 Å². The van der Waals surface area contributed by atoms with Crippen molar-refractivity contribution in [1.29, 1.82) is 0 Å². The summed E-state index contributed by atoms with van der Waals surface area (Å²) in [4.78, 5) is 190. The van der Waals surface area contributed by atoms with Crippen LogP contribution in [0.3, 0.4) is 0 Å². The lowest BCUT2D eigenvalue weighted by Gasteiger charge is -2.32. The van der Waals surface area contributed by atoms with Gasteiger partial charge in [0.15, 0.2) is 6.10 Å². The molecular weight excluding hydrogens is 1370 g/mol. The second-order valence-corrected chi connectivity index (χ2v) is 30.5. The predicted octanol–water partition coefficient (Wildman–Crippen LogP) is -2.77. The highest BCUT2D eigenvalue weighted by atomic mass is 16.5. The highest BCUT2D eigenvalue weighted by molar-refractivity contribution is 6.00. The van der Waals surface area contributed by atoms with Crippen LogP contribution in [0.1, 0.15) is 172 Å². The topological polar surface area (TPSA) is 523 Å². The van der Waals surface area contributed by atoms with E-state index in [0.717, 1.165) is 0 Å². The third kappa shape index (κ3) is 28.3. The number of aliphatic hydroxyl groups excluding tert-OH is 2. The van der Waals surface area contributed by atoms with E-state index in [1.807, 2.05) is 13.8 Å². The number of aliphatic hydroxyl groups is 2. The summed E-state index contributed by atoms with van der Waals surface area (Å²) in [5.74, 6) is -12.8. The Balaban J connectivity index is 1.83. The van der Waals surface area contributed by atoms with Crippen molar-refractivity contribution in [3.05, 3.63) is 35.9 Å². The summed E-state index contributed by atoms with van der Waals surface area (Å²) in [7, 11) is 0. The molecular formula is C73H125N17O16. The van der Waals surface area contributed by atoms with Gasteiger partial charge in [-0.3, -0.25) is 62.3 Å². The first-order chi connectivity index (χ1) is 50.1. The summed E-state index contributed by atoms with van der Waals surface area (Å²) < 4.78 is 5.86. The summed E-state index contributed by atoms with van der Waals surface area (Å²) in [6.45, 7) is 20.7. The molecule has 0 aromatic heterocycles. The third-order valence-electron chi connectivity index (χ3n) is 18.9. The molecule has 3 aliphatic rings. The van der Waals surface area contributed by atoms with E-state index in [1.54, 1.807) is 99.6 Å². The molecule has 0 unspecified atom stereocenters. The zero-order valence-electron chi connectivity index (χ0n) is 64.1. The Morgan fingerprint density at radius 2 is 0.736 bits per heavy atom. The summed E-state index contributed by atoms with van der Waals surface area (Å²) in [5.41, 5.74) is 24.3. The van der Waals surface area contributed by atoms with Crippen molar-refractivity contribution in [2.75, 3.05) is 39.3 Å². The van der Waals surface area contributed by atoms with Gasteiger partial charge in [0, 0.05) is 19.5 Å². The van der Waals surface area contributed by atoms with Crippen molar-refractivity contribution in [3.8, 4) is 0 Å². The lowest BCUT2D eigenvalue weighted by atomic mass is 9.99. The molecule has 598 valence electrons. The molecule has 3 fully saturated rings. The fourth-order valence-corrected chi connectivity index (χ4v) is 13.0. The van der Waals surface area contributed by atoms with Gasteiger partial charge in [0.1, 0.15) is 90.8 Å². The number of nitrogens with zero attached hydrogens (tertiary/aromatic N) is 1. The number of fused-ring (bicyclic) bond motifs is 3. The average molecular weight is 1500 g/mol. The normalized spacial score (nSPS) is 28.6. The van der Waals surface area contributed by atoms with Crippen LogP contribution in [0.4, 0.5) is 0 Å². The fraction of sp³-hybridized carbons (Fsp3) is 0.740. The Morgan fingerprint density at radius 1 is 0.406 bits per heavy atom. The van der Waals surface area contributed by atoms with Crippen LogP contribution in [0.5, 0.6) is 0 Å². The Morgan fingerprint density at radius 3 is 1.11 bits per heavy atom. The Labute approximate surface area is 623 Å². The van der Waals surface area contributed by atoms with Gasteiger partial charge in [0.05, 0.1) is 0 Å². The van der Waals surface area contributed by atoms with Gasteiger partial charge in [-0.15, -0.1) is 0 Å². The molecule has 0 aliphatic carbocycles. The zero-order chi connectivity index (χ0) is 79.2. The Kier molecular flexibility index (Phi) is 38.4. The lowest BCUT2D eigenvalue weighted by Crippen LogP contribution is -2.62. The minimum atomic E-state index is -1.88. The molecule has 106 heavy (non-hydrogen) atoms. The second kappa shape index (κ2) is 45.0. The zero-order valence-corrected chi connectivity index (χ0v) is 64.1. The van der Waals surface area contributed by atoms with E-state index in [0.29, 0.717) is 12.0 Å². The number of carbonyl (C=O) groups is 13. The van der Waals surface area contributed by atoms with Gasteiger partial charge >= 0.3 is 0 Å². The number of rotatable bonds is 23. The van der Waals surface area contributed by atoms with E-state index in [-0.39, 0.29) is 134 Å². The maximum Gasteiger partial charge on any atom is 0.252 e. The minimum Gasteiger partial charge on any atom is -0.388 e. The first-order valence-electron chi connectivity index (χ1n) is 37.9. The van der Waals surface area contributed by atoms with Crippen LogP contribution in [0.25, 0.3) is 0 Å². The molecule has 13 amide bonds. The molecule has 22 N–H and O–H groups in total. The minimum absolute atomic E-state index is 0.00661. The highest BCUT2D eigenvalue weighted by Gasteiger charge is 2.48.